The molecule has 5 aromatic rings. The van der Waals surface area contributed by atoms with Gasteiger partial charge in [-0.1, -0.05) is 48.5 Å². The van der Waals surface area contributed by atoms with E-state index in [1.54, 1.807) is 13.0 Å². The first-order valence-electron chi connectivity index (χ1n) is 9.85. The van der Waals surface area contributed by atoms with Gasteiger partial charge in [-0.15, -0.1) is 0 Å². The highest BCUT2D eigenvalue weighted by Gasteiger charge is 2.18. The Hall–Kier alpha value is -3.99. The SMILES string of the molecule is CCOC(=O)c1ccc2ncc3c(-c4ccccc4)nn(-c4ccccc4)c3c2c1. The molecule has 5 rings (SSSR count). The number of pyridine rings is 1. The molecule has 0 N–H and O–H groups in total. The van der Waals surface area contributed by atoms with Gasteiger partial charge in [0.2, 0.25) is 0 Å². The predicted molar refractivity (Wildman–Crippen MR) is 118 cm³/mol. The zero-order valence-corrected chi connectivity index (χ0v) is 16.4. The molecule has 2 aromatic heterocycles. The molecular formula is C25H19N3O2. The van der Waals surface area contributed by atoms with E-state index in [2.05, 4.69) is 4.98 Å². The molecule has 0 unspecified atom stereocenters. The van der Waals surface area contributed by atoms with Gasteiger partial charge in [-0.25, -0.2) is 9.48 Å². The molecule has 0 aliphatic rings. The van der Waals surface area contributed by atoms with Crippen LogP contribution in [0.1, 0.15) is 17.3 Å². The Morgan fingerprint density at radius 2 is 1.67 bits per heavy atom. The van der Waals surface area contributed by atoms with Crippen LogP contribution in [0.15, 0.2) is 85.1 Å². The largest absolute Gasteiger partial charge is 0.462 e. The minimum absolute atomic E-state index is 0.333. The maximum atomic E-state index is 12.3. The van der Waals surface area contributed by atoms with Gasteiger partial charge in [0, 0.05) is 22.5 Å². The highest BCUT2D eigenvalue weighted by Crippen LogP contribution is 2.34. The van der Waals surface area contributed by atoms with Gasteiger partial charge in [-0.05, 0) is 37.3 Å². The number of carbonyl (C=O) groups excluding carboxylic acids is 1. The maximum absolute atomic E-state index is 12.3. The van der Waals surface area contributed by atoms with E-state index in [0.717, 1.165) is 38.8 Å². The zero-order chi connectivity index (χ0) is 20.5. The van der Waals surface area contributed by atoms with E-state index in [9.17, 15) is 4.79 Å². The number of rotatable bonds is 4. The molecule has 0 saturated carbocycles. The fraction of sp³-hybridized carbons (Fsp3) is 0.0800. The second-order valence-corrected chi connectivity index (χ2v) is 6.93. The summed E-state index contributed by atoms with van der Waals surface area (Å²) in [6.45, 7) is 2.13. The molecule has 5 nitrogen and oxygen atoms in total. The molecule has 146 valence electrons. The quantitative estimate of drug-likeness (QED) is 0.383. The Kier molecular flexibility index (Phi) is 4.48. The third kappa shape index (κ3) is 3.01. The third-order valence-corrected chi connectivity index (χ3v) is 5.07. The molecule has 0 atom stereocenters. The number of hydrogen-bond acceptors (Lipinski definition) is 4. The number of ether oxygens (including phenoxy) is 1. The minimum Gasteiger partial charge on any atom is -0.462 e. The highest BCUT2D eigenvalue weighted by atomic mass is 16.5. The first-order valence-corrected chi connectivity index (χ1v) is 9.85. The van der Waals surface area contributed by atoms with Crippen LogP contribution in [-0.2, 0) is 4.74 Å². The first-order chi connectivity index (χ1) is 14.8. The van der Waals surface area contributed by atoms with Crippen molar-refractivity contribution in [3.8, 4) is 16.9 Å². The van der Waals surface area contributed by atoms with E-state index in [4.69, 9.17) is 9.84 Å². The van der Waals surface area contributed by atoms with Gasteiger partial charge in [0.15, 0.2) is 0 Å². The van der Waals surface area contributed by atoms with Crippen molar-refractivity contribution in [3.05, 3.63) is 90.6 Å². The third-order valence-electron chi connectivity index (χ3n) is 5.07. The standard InChI is InChI=1S/C25H19N3O2/c1-2-30-25(29)18-13-14-22-20(15-18)24-21(16-26-22)23(17-9-5-3-6-10-17)27-28(24)19-11-7-4-8-12-19/h3-16H,2H2,1H3. The summed E-state index contributed by atoms with van der Waals surface area (Å²) >= 11 is 0. The van der Waals surface area contributed by atoms with Crippen molar-refractivity contribution in [2.24, 2.45) is 0 Å². The van der Waals surface area contributed by atoms with Crippen LogP contribution < -0.4 is 0 Å². The first kappa shape index (κ1) is 18.1. The molecule has 0 aliphatic heterocycles. The van der Waals surface area contributed by atoms with E-state index in [1.807, 2.05) is 83.7 Å². The van der Waals surface area contributed by atoms with Gasteiger partial charge in [0.05, 0.1) is 28.9 Å². The number of aromatic nitrogens is 3. The summed E-state index contributed by atoms with van der Waals surface area (Å²) in [5, 5.41) is 6.74. The number of nitrogens with zero attached hydrogens (tertiary/aromatic N) is 3. The average Bonchev–Trinajstić information content (AvgIpc) is 3.20. The van der Waals surface area contributed by atoms with E-state index < -0.39 is 0 Å². The molecule has 0 bridgehead atoms. The Morgan fingerprint density at radius 3 is 2.40 bits per heavy atom. The number of esters is 1. The van der Waals surface area contributed by atoms with E-state index in [-0.39, 0.29) is 5.97 Å². The molecule has 5 heteroatoms. The predicted octanol–water partition coefficient (Wildman–Crippen LogP) is 5.42. The van der Waals surface area contributed by atoms with Gasteiger partial charge in [0.25, 0.3) is 0 Å². The van der Waals surface area contributed by atoms with Crippen molar-refractivity contribution in [2.75, 3.05) is 6.61 Å². The lowest BCUT2D eigenvalue weighted by molar-refractivity contribution is 0.0526. The summed E-state index contributed by atoms with van der Waals surface area (Å²) in [6.07, 6.45) is 1.86. The lowest BCUT2D eigenvalue weighted by Crippen LogP contribution is -2.04. The van der Waals surface area contributed by atoms with Crippen LogP contribution in [0.3, 0.4) is 0 Å². The number of benzene rings is 3. The number of carbonyl (C=O) groups is 1. The smallest absolute Gasteiger partial charge is 0.338 e. The molecule has 0 fully saturated rings. The van der Waals surface area contributed by atoms with Crippen LogP contribution >= 0.6 is 0 Å². The lowest BCUT2D eigenvalue weighted by atomic mass is 10.1. The van der Waals surface area contributed by atoms with Crippen molar-refractivity contribution in [2.45, 2.75) is 6.92 Å². The second-order valence-electron chi connectivity index (χ2n) is 6.93. The molecule has 0 aliphatic carbocycles. The number of fused-ring (bicyclic) bond motifs is 3. The van der Waals surface area contributed by atoms with E-state index in [1.165, 1.54) is 0 Å². The molecule has 0 saturated heterocycles. The summed E-state index contributed by atoms with van der Waals surface area (Å²) in [5.74, 6) is -0.342. The highest BCUT2D eigenvalue weighted by molar-refractivity contribution is 6.10. The molecule has 30 heavy (non-hydrogen) atoms. The van der Waals surface area contributed by atoms with Gasteiger partial charge in [0.1, 0.15) is 5.69 Å². The van der Waals surface area contributed by atoms with Crippen molar-refractivity contribution in [3.63, 3.8) is 0 Å². The lowest BCUT2D eigenvalue weighted by Gasteiger charge is -2.07. The van der Waals surface area contributed by atoms with Gasteiger partial charge in [-0.2, -0.15) is 5.10 Å². The molecule has 2 heterocycles. The Bertz CT molecular complexity index is 1360. The fourth-order valence-electron chi connectivity index (χ4n) is 3.69. The number of hydrogen-bond donors (Lipinski definition) is 0. The van der Waals surface area contributed by atoms with E-state index >= 15 is 0 Å². The summed E-state index contributed by atoms with van der Waals surface area (Å²) in [4.78, 5) is 17.0. The van der Waals surface area contributed by atoms with Crippen molar-refractivity contribution in [1.29, 1.82) is 0 Å². The van der Waals surface area contributed by atoms with Crippen molar-refractivity contribution in [1.82, 2.24) is 14.8 Å². The summed E-state index contributed by atoms with van der Waals surface area (Å²) in [5.41, 5.74) is 5.02. The van der Waals surface area contributed by atoms with Crippen molar-refractivity contribution >= 4 is 27.8 Å². The minimum atomic E-state index is -0.342. The topological polar surface area (TPSA) is 57.0 Å². The Morgan fingerprint density at radius 1 is 0.933 bits per heavy atom. The summed E-state index contributed by atoms with van der Waals surface area (Å²) < 4.78 is 7.12. The van der Waals surface area contributed by atoms with Crippen LogP contribution in [-0.4, -0.2) is 27.3 Å². The van der Waals surface area contributed by atoms with Crippen LogP contribution in [0.5, 0.6) is 0 Å². The van der Waals surface area contributed by atoms with Gasteiger partial charge in [-0.3, -0.25) is 4.98 Å². The summed E-state index contributed by atoms with van der Waals surface area (Å²) in [7, 11) is 0. The summed E-state index contributed by atoms with van der Waals surface area (Å²) in [6, 6.07) is 25.5. The van der Waals surface area contributed by atoms with Gasteiger partial charge < -0.3 is 4.74 Å². The Labute approximate surface area is 173 Å². The van der Waals surface area contributed by atoms with Crippen LogP contribution in [0.4, 0.5) is 0 Å². The van der Waals surface area contributed by atoms with E-state index in [0.29, 0.717) is 12.2 Å². The van der Waals surface area contributed by atoms with Crippen LogP contribution in [0.25, 0.3) is 38.8 Å². The second kappa shape index (κ2) is 7.44. The molecular weight excluding hydrogens is 374 g/mol. The normalized spacial score (nSPS) is 11.1. The molecule has 0 radical (unpaired) electrons. The molecule has 0 spiro atoms. The molecule has 3 aromatic carbocycles. The monoisotopic (exact) mass is 393 g/mol. The zero-order valence-electron chi connectivity index (χ0n) is 16.4. The number of para-hydroxylation sites is 1. The Balaban J connectivity index is 1.86. The molecule has 0 amide bonds. The van der Waals surface area contributed by atoms with Gasteiger partial charge >= 0.3 is 5.97 Å². The van der Waals surface area contributed by atoms with Crippen LogP contribution in [0, 0.1) is 0 Å². The fourth-order valence-corrected chi connectivity index (χ4v) is 3.69. The maximum Gasteiger partial charge on any atom is 0.338 e. The van der Waals surface area contributed by atoms with Crippen LogP contribution in [0.2, 0.25) is 0 Å². The van der Waals surface area contributed by atoms with Crippen molar-refractivity contribution < 1.29 is 9.53 Å². The average molecular weight is 393 g/mol.